The molecule has 5 nitrogen and oxygen atoms in total. The summed E-state index contributed by atoms with van der Waals surface area (Å²) in [5, 5.41) is 7.16. The highest BCUT2D eigenvalue weighted by atomic mass is 32.2. The Morgan fingerprint density at radius 2 is 1.88 bits per heavy atom. The van der Waals surface area contributed by atoms with E-state index in [1.165, 1.54) is 18.4 Å². The summed E-state index contributed by atoms with van der Waals surface area (Å²) in [4.78, 5) is 16.6. The number of piperidine rings is 1. The number of likely N-dealkylation sites (tertiary alicyclic amines) is 1. The topological polar surface area (TPSA) is 58.4 Å². The second-order valence-corrected chi connectivity index (χ2v) is 9.59. The van der Waals surface area contributed by atoms with Crippen molar-refractivity contribution in [2.45, 2.75) is 43.4 Å². The molecule has 0 bridgehead atoms. The van der Waals surface area contributed by atoms with E-state index in [2.05, 4.69) is 46.6 Å². The van der Waals surface area contributed by atoms with E-state index in [0.717, 1.165) is 35.4 Å². The summed E-state index contributed by atoms with van der Waals surface area (Å²) >= 11 is 1.60. The van der Waals surface area contributed by atoms with Crippen LogP contribution in [0.25, 0.3) is 0 Å². The molecular weight excluding hydrogens is 418 g/mol. The van der Waals surface area contributed by atoms with Gasteiger partial charge in [0.05, 0.1) is 23.1 Å². The molecule has 1 fully saturated rings. The van der Waals surface area contributed by atoms with E-state index in [-0.39, 0.29) is 11.9 Å². The van der Waals surface area contributed by atoms with E-state index in [9.17, 15) is 4.79 Å². The van der Waals surface area contributed by atoms with Crippen molar-refractivity contribution >= 4 is 17.7 Å². The third-order valence-electron chi connectivity index (χ3n) is 6.08. The largest absolute Gasteiger partial charge is 0.360 e. The standard InChI is InChI=1S/C26H31N3O2S/c1-19-12-14-29(15-13-19)24(21-8-4-3-5-9-21)17-27-26(30)23-10-6-7-11-25(23)32-18-22-16-20(2)28-31-22/h3-11,16,19,24H,12-15,17-18H2,1-2H3,(H,27,30). The summed E-state index contributed by atoms with van der Waals surface area (Å²) < 4.78 is 5.31. The van der Waals surface area contributed by atoms with Gasteiger partial charge in [0.2, 0.25) is 0 Å². The Labute approximate surface area is 194 Å². The molecule has 1 amide bonds. The first-order chi connectivity index (χ1) is 15.6. The summed E-state index contributed by atoms with van der Waals surface area (Å²) in [5.41, 5.74) is 2.82. The minimum atomic E-state index is -0.0341. The molecule has 1 N–H and O–H groups in total. The molecule has 1 aromatic heterocycles. The average molecular weight is 450 g/mol. The van der Waals surface area contributed by atoms with Crippen LogP contribution in [-0.2, 0) is 5.75 Å². The molecule has 0 spiro atoms. The van der Waals surface area contributed by atoms with Gasteiger partial charge in [0.15, 0.2) is 0 Å². The maximum Gasteiger partial charge on any atom is 0.252 e. The molecule has 1 aliphatic heterocycles. The fourth-order valence-electron chi connectivity index (χ4n) is 4.17. The quantitative estimate of drug-likeness (QED) is 0.462. The van der Waals surface area contributed by atoms with E-state index < -0.39 is 0 Å². The second-order valence-electron chi connectivity index (χ2n) is 8.57. The number of thioether (sulfide) groups is 1. The zero-order chi connectivity index (χ0) is 22.3. The number of hydrogen-bond acceptors (Lipinski definition) is 5. The zero-order valence-corrected chi connectivity index (χ0v) is 19.6. The maximum atomic E-state index is 13.2. The summed E-state index contributed by atoms with van der Waals surface area (Å²) in [6.45, 7) is 6.97. The molecule has 1 unspecified atom stereocenters. The first-order valence-corrected chi connectivity index (χ1v) is 12.3. The molecular formula is C26H31N3O2S. The average Bonchev–Trinajstić information content (AvgIpc) is 3.25. The highest BCUT2D eigenvalue weighted by molar-refractivity contribution is 7.98. The van der Waals surface area contributed by atoms with Crippen molar-refractivity contribution < 1.29 is 9.32 Å². The van der Waals surface area contributed by atoms with Gasteiger partial charge < -0.3 is 9.84 Å². The summed E-state index contributed by atoms with van der Waals surface area (Å²) in [7, 11) is 0. The zero-order valence-electron chi connectivity index (χ0n) is 18.8. The van der Waals surface area contributed by atoms with Crippen LogP contribution in [0.15, 0.2) is 70.1 Å². The smallest absolute Gasteiger partial charge is 0.252 e. The van der Waals surface area contributed by atoms with Crippen molar-refractivity contribution in [3.8, 4) is 0 Å². The van der Waals surface area contributed by atoms with Gasteiger partial charge in [-0.05, 0) is 56.5 Å². The number of carbonyl (C=O) groups is 1. The van der Waals surface area contributed by atoms with Gasteiger partial charge in [-0.1, -0.05) is 54.5 Å². The number of amides is 1. The monoisotopic (exact) mass is 449 g/mol. The Hall–Kier alpha value is -2.57. The number of carbonyl (C=O) groups excluding carboxylic acids is 1. The van der Waals surface area contributed by atoms with Gasteiger partial charge >= 0.3 is 0 Å². The highest BCUT2D eigenvalue weighted by Crippen LogP contribution is 2.28. The predicted molar refractivity (Wildman–Crippen MR) is 129 cm³/mol. The van der Waals surface area contributed by atoms with Crippen LogP contribution in [0, 0.1) is 12.8 Å². The van der Waals surface area contributed by atoms with Gasteiger partial charge in [-0.25, -0.2) is 0 Å². The fraction of sp³-hybridized carbons (Fsp3) is 0.385. The Kier molecular flexibility index (Phi) is 7.66. The number of nitrogens with zero attached hydrogens (tertiary/aromatic N) is 2. The summed E-state index contributed by atoms with van der Waals surface area (Å²) in [6.07, 6.45) is 2.41. The maximum absolute atomic E-state index is 13.2. The number of rotatable bonds is 8. The summed E-state index contributed by atoms with van der Waals surface area (Å²) in [6, 6.07) is 20.4. The van der Waals surface area contributed by atoms with E-state index in [0.29, 0.717) is 17.9 Å². The number of benzene rings is 2. The number of nitrogens with one attached hydrogen (secondary N) is 1. The molecule has 1 atom stereocenters. The fourth-order valence-corrected chi connectivity index (χ4v) is 5.10. The van der Waals surface area contributed by atoms with Crippen molar-refractivity contribution in [3.05, 3.63) is 83.2 Å². The molecule has 32 heavy (non-hydrogen) atoms. The third kappa shape index (κ3) is 5.81. The van der Waals surface area contributed by atoms with Crippen molar-refractivity contribution in [2.75, 3.05) is 19.6 Å². The van der Waals surface area contributed by atoms with Crippen LogP contribution in [0.1, 0.15) is 53.2 Å². The Bertz CT molecular complexity index is 1010. The van der Waals surface area contributed by atoms with Crippen LogP contribution in [-0.4, -0.2) is 35.6 Å². The van der Waals surface area contributed by atoms with E-state index in [1.807, 2.05) is 43.3 Å². The lowest BCUT2D eigenvalue weighted by atomic mass is 9.95. The molecule has 168 valence electrons. The molecule has 1 saturated heterocycles. The van der Waals surface area contributed by atoms with E-state index in [4.69, 9.17) is 4.52 Å². The first-order valence-electron chi connectivity index (χ1n) is 11.3. The van der Waals surface area contributed by atoms with Crippen LogP contribution < -0.4 is 5.32 Å². The Morgan fingerprint density at radius 1 is 1.16 bits per heavy atom. The molecule has 0 radical (unpaired) electrons. The summed E-state index contributed by atoms with van der Waals surface area (Å²) in [5.74, 6) is 2.19. The lowest BCUT2D eigenvalue weighted by molar-refractivity contribution is 0.0910. The minimum Gasteiger partial charge on any atom is -0.360 e. The van der Waals surface area contributed by atoms with Crippen molar-refractivity contribution in [1.82, 2.24) is 15.4 Å². The molecule has 0 saturated carbocycles. The normalized spacial score (nSPS) is 16.1. The van der Waals surface area contributed by atoms with Crippen LogP contribution in [0.5, 0.6) is 0 Å². The van der Waals surface area contributed by atoms with Crippen LogP contribution >= 0.6 is 11.8 Å². The molecule has 0 aliphatic carbocycles. The SMILES string of the molecule is Cc1cc(CSc2ccccc2C(=O)NCC(c2ccccc2)N2CCC(C)CC2)on1. The van der Waals surface area contributed by atoms with Gasteiger partial charge in [-0.2, -0.15) is 0 Å². The Balaban J connectivity index is 1.44. The van der Waals surface area contributed by atoms with Crippen LogP contribution in [0.2, 0.25) is 0 Å². The third-order valence-corrected chi connectivity index (χ3v) is 7.17. The number of hydrogen-bond donors (Lipinski definition) is 1. The lowest BCUT2D eigenvalue weighted by Crippen LogP contribution is -2.42. The van der Waals surface area contributed by atoms with Crippen LogP contribution in [0.4, 0.5) is 0 Å². The predicted octanol–water partition coefficient (Wildman–Crippen LogP) is 5.48. The van der Waals surface area contributed by atoms with Gasteiger partial charge in [-0.15, -0.1) is 11.8 Å². The minimum absolute atomic E-state index is 0.0341. The molecule has 3 aromatic rings. The van der Waals surface area contributed by atoms with Gasteiger partial charge in [-0.3, -0.25) is 9.69 Å². The number of aryl methyl sites for hydroxylation is 1. The number of aromatic nitrogens is 1. The molecule has 6 heteroatoms. The van der Waals surface area contributed by atoms with E-state index in [1.54, 1.807) is 11.8 Å². The van der Waals surface area contributed by atoms with Crippen molar-refractivity contribution in [3.63, 3.8) is 0 Å². The lowest BCUT2D eigenvalue weighted by Gasteiger charge is -2.37. The second kappa shape index (κ2) is 10.8. The van der Waals surface area contributed by atoms with Gasteiger partial charge in [0.25, 0.3) is 5.91 Å². The van der Waals surface area contributed by atoms with Gasteiger partial charge in [0, 0.05) is 17.5 Å². The van der Waals surface area contributed by atoms with Crippen molar-refractivity contribution in [2.24, 2.45) is 5.92 Å². The van der Waals surface area contributed by atoms with Gasteiger partial charge in [0.1, 0.15) is 5.76 Å². The highest BCUT2D eigenvalue weighted by Gasteiger charge is 2.25. The van der Waals surface area contributed by atoms with E-state index >= 15 is 0 Å². The molecule has 1 aliphatic rings. The molecule has 2 aromatic carbocycles. The van der Waals surface area contributed by atoms with Crippen LogP contribution in [0.3, 0.4) is 0 Å². The molecule has 4 rings (SSSR count). The molecule has 2 heterocycles. The van der Waals surface area contributed by atoms with Crippen molar-refractivity contribution in [1.29, 1.82) is 0 Å². The first kappa shape index (κ1) is 22.6. The Morgan fingerprint density at radius 3 is 2.59 bits per heavy atom.